The Balaban J connectivity index is 2.91. The number of halogens is 1. The number of non-ortho nitro benzene ring substituents is 1. The zero-order chi connectivity index (χ0) is 12.8. The monoisotopic (exact) mass is 256 g/mol. The average Bonchev–Trinajstić information content (AvgIpc) is 2.35. The molecule has 1 aromatic carbocycles. The van der Waals surface area contributed by atoms with Crippen molar-refractivity contribution in [2.24, 2.45) is 0 Å². The minimum absolute atomic E-state index is 0.0738. The molecule has 1 rings (SSSR count). The lowest BCUT2D eigenvalue weighted by molar-refractivity contribution is -0.385. The van der Waals surface area contributed by atoms with E-state index in [-0.39, 0.29) is 18.0 Å². The topological polar surface area (TPSA) is 85.4 Å². The van der Waals surface area contributed by atoms with Gasteiger partial charge in [-0.25, -0.2) is 0 Å². The highest BCUT2D eigenvalue weighted by Crippen LogP contribution is 2.31. The normalized spacial score (nSPS) is 11.4. The van der Waals surface area contributed by atoms with E-state index < -0.39 is 10.3 Å². The highest BCUT2D eigenvalue weighted by Gasteiger charge is 2.13. The largest absolute Gasteiger partial charge is 0.493 e. The van der Waals surface area contributed by atoms with Gasteiger partial charge in [-0.05, 0) is 6.07 Å². The van der Waals surface area contributed by atoms with Crippen molar-refractivity contribution >= 4 is 17.3 Å². The van der Waals surface area contributed by atoms with Crippen molar-refractivity contribution in [1.29, 1.82) is 5.26 Å². The van der Waals surface area contributed by atoms with Crippen molar-refractivity contribution in [1.82, 2.24) is 0 Å². The van der Waals surface area contributed by atoms with Crippen LogP contribution in [0.15, 0.2) is 18.2 Å². The van der Waals surface area contributed by atoms with E-state index in [2.05, 4.69) is 0 Å². The molecular weight excluding hydrogens is 248 g/mol. The fraction of sp³-hybridized carbons (Fsp3) is 0.300. The molecule has 6 nitrogen and oxygen atoms in total. The first-order chi connectivity index (χ1) is 8.08. The van der Waals surface area contributed by atoms with Gasteiger partial charge in [0.1, 0.15) is 6.61 Å². The van der Waals surface area contributed by atoms with E-state index in [0.29, 0.717) is 5.75 Å². The smallest absolute Gasteiger partial charge is 0.273 e. The summed E-state index contributed by atoms with van der Waals surface area (Å²) in [5, 5.41) is 18.2. The Bertz CT molecular complexity index is 458. The fourth-order valence-corrected chi connectivity index (χ4v) is 1.15. The summed E-state index contributed by atoms with van der Waals surface area (Å²) in [7, 11) is 1.41. The van der Waals surface area contributed by atoms with E-state index >= 15 is 0 Å². The van der Waals surface area contributed by atoms with E-state index in [1.54, 1.807) is 6.07 Å². The lowest BCUT2D eigenvalue weighted by Crippen LogP contribution is -2.09. The molecule has 0 fully saturated rings. The minimum atomic E-state index is -0.820. The van der Waals surface area contributed by atoms with Crippen LogP contribution >= 0.6 is 11.6 Å². The van der Waals surface area contributed by atoms with Crippen LogP contribution in [-0.4, -0.2) is 24.0 Å². The molecule has 7 heteroatoms. The molecule has 0 N–H and O–H groups in total. The predicted molar refractivity (Wildman–Crippen MR) is 60.4 cm³/mol. The van der Waals surface area contributed by atoms with Crippen molar-refractivity contribution in [2.45, 2.75) is 5.38 Å². The molecule has 0 aliphatic carbocycles. The molecule has 1 atom stereocenters. The second kappa shape index (κ2) is 5.92. The van der Waals surface area contributed by atoms with Crippen LogP contribution in [0.1, 0.15) is 0 Å². The standard InChI is InChI=1S/C10H9ClN2O4/c1-16-9-3-2-8(13(14)15)4-10(9)17-6-7(11)5-12/h2-4,7H,6H2,1H3. The third kappa shape index (κ3) is 3.50. The van der Waals surface area contributed by atoms with Crippen molar-refractivity contribution in [2.75, 3.05) is 13.7 Å². The molecule has 0 bridgehead atoms. The molecule has 0 aromatic heterocycles. The molecule has 0 aliphatic heterocycles. The van der Waals surface area contributed by atoms with Crippen LogP contribution in [0.2, 0.25) is 0 Å². The van der Waals surface area contributed by atoms with Gasteiger partial charge in [0.25, 0.3) is 5.69 Å². The molecule has 1 aromatic rings. The Hall–Kier alpha value is -2.00. The van der Waals surface area contributed by atoms with E-state index in [9.17, 15) is 10.1 Å². The predicted octanol–water partition coefficient (Wildman–Crippen LogP) is 2.11. The molecule has 0 saturated carbocycles. The maximum atomic E-state index is 10.6. The average molecular weight is 257 g/mol. The molecule has 0 saturated heterocycles. The third-order valence-electron chi connectivity index (χ3n) is 1.88. The fourth-order valence-electron chi connectivity index (χ4n) is 1.09. The van der Waals surface area contributed by atoms with Gasteiger partial charge in [0, 0.05) is 6.07 Å². The number of nitro groups is 1. The summed E-state index contributed by atoms with van der Waals surface area (Å²) in [6, 6.07) is 5.72. The van der Waals surface area contributed by atoms with Gasteiger partial charge >= 0.3 is 0 Å². The number of alkyl halides is 1. The van der Waals surface area contributed by atoms with E-state index in [1.165, 1.54) is 25.3 Å². The highest BCUT2D eigenvalue weighted by atomic mass is 35.5. The quantitative estimate of drug-likeness (QED) is 0.457. The number of hydrogen-bond acceptors (Lipinski definition) is 5. The number of hydrogen-bond donors (Lipinski definition) is 0. The van der Waals surface area contributed by atoms with Gasteiger partial charge in [0.2, 0.25) is 0 Å². The Morgan fingerprint density at radius 1 is 1.59 bits per heavy atom. The highest BCUT2D eigenvalue weighted by molar-refractivity contribution is 6.22. The summed E-state index contributed by atoms with van der Waals surface area (Å²) in [5.41, 5.74) is -0.121. The summed E-state index contributed by atoms with van der Waals surface area (Å²) < 4.78 is 10.2. The van der Waals surface area contributed by atoms with Crippen LogP contribution in [0, 0.1) is 21.4 Å². The number of nitriles is 1. The Labute approximate surface area is 102 Å². The van der Waals surface area contributed by atoms with Crippen molar-refractivity contribution < 1.29 is 14.4 Å². The number of benzene rings is 1. The van der Waals surface area contributed by atoms with E-state index in [4.69, 9.17) is 26.3 Å². The number of methoxy groups -OCH3 is 1. The lowest BCUT2D eigenvalue weighted by Gasteiger charge is -2.10. The Morgan fingerprint density at radius 3 is 2.82 bits per heavy atom. The molecule has 0 heterocycles. The summed E-state index contributed by atoms with van der Waals surface area (Å²) >= 11 is 5.55. The van der Waals surface area contributed by atoms with Crippen LogP contribution in [0.3, 0.4) is 0 Å². The van der Waals surface area contributed by atoms with Crippen LogP contribution in [0.4, 0.5) is 5.69 Å². The molecule has 1 unspecified atom stereocenters. The van der Waals surface area contributed by atoms with Crippen LogP contribution in [0.25, 0.3) is 0 Å². The van der Waals surface area contributed by atoms with Gasteiger partial charge in [-0.2, -0.15) is 5.26 Å². The Kier molecular flexibility index (Phi) is 4.55. The second-order valence-corrected chi connectivity index (χ2v) is 3.53. The SMILES string of the molecule is COc1ccc([N+](=O)[O-])cc1OCC(Cl)C#N. The second-order valence-electron chi connectivity index (χ2n) is 3.00. The van der Waals surface area contributed by atoms with Crippen molar-refractivity contribution in [3.63, 3.8) is 0 Å². The summed E-state index contributed by atoms with van der Waals surface area (Å²) in [6.45, 7) is -0.0738. The van der Waals surface area contributed by atoms with Gasteiger partial charge in [-0.3, -0.25) is 10.1 Å². The molecule has 90 valence electrons. The zero-order valence-corrected chi connectivity index (χ0v) is 9.68. The number of nitrogens with zero attached hydrogens (tertiary/aromatic N) is 2. The summed E-state index contributed by atoms with van der Waals surface area (Å²) in [5.74, 6) is 0.528. The maximum Gasteiger partial charge on any atom is 0.273 e. The summed E-state index contributed by atoms with van der Waals surface area (Å²) in [6.07, 6.45) is 0. The first-order valence-corrected chi connectivity index (χ1v) is 5.01. The number of rotatable bonds is 5. The molecule has 0 aliphatic rings. The van der Waals surface area contributed by atoms with Crippen LogP contribution in [0.5, 0.6) is 11.5 Å². The molecule has 17 heavy (non-hydrogen) atoms. The number of ether oxygens (including phenoxy) is 2. The Morgan fingerprint density at radius 2 is 2.29 bits per heavy atom. The molecule has 0 radical (unpaired) electrons. The van der Waals surface area contributed by atoms with Gasteiger partial charge < -0.3 is 9.47 Å². The first kappa shape index (κ1) is 13.1. The lowest BCUT2D eigenvalue weighted by atomic mass is 10.3. The van der Waals surface area contributed by atoms with Gasteiger partial charge in [-0.1, -0.05) is 0 Å². The van der Waals surface area contributed by atoms with Crippen LogP contribution < -0.4 is 9.47 Å². The first-order valence-electron chi connectivity index (χ1n) is 4.57. The zero-order valence-electron chi connectivity index (χ0n) is 8.92. The molecular formula is C10H9ClN2O4. The van der Waals surface area contributed by atoms with Crippen LogP contribution in [-0.2, 0) is 0 Å². The minimum Gasteiger partial charge on any atom is -0.493 e. The maximum absolute atomic E-state index is 10.6. The van der Waals surface area contributed by atoms with Gasteiger partial charge in [0.15, 0.2) is 16.9 Å². The summed E-state index contributed by atoms with van der Waals surface area (Å²) in [4.78, 5) is 10.0. The molecule has 0 spiro atoms. The van der Waals surface area contributed by atoms with Gasteiger partial charge in [0.05, 0.1) is 24.2 Å². The van der Waals surface area contributed by atoms with Gasteiger partial charge in [-0.15, -0.1) is 11.6 Å². The molecule has 0 amide bonds. The third-order valence-corrected chi connectivity index (χ3v) is 2.11. The number of nitro benzene ring substituents is 1. The van der Waals surface area contributed by atoms with E-state index in [1.807, 2.05) is 0 Å². The van der Waals surface area contributed by atoms with Crippen molar-refractivity contribution in [3.05, 3.63) is 28.3 Å². The van der Waals surface area contributed by atoms with E-state index in [0.717, 1.165) is 0 Å². The van der Waals surface area contributed by atoms with Crippen molar-refractivity contribution in [3.8, 4) is 17.6 Å².